The number of benzene rings is 2. The lowest BCUT2D eigenvalue weighted by atomic mass is 10.1. The SMILES string of the molecule is CN(Cc1ccc2c(c1)OCO2)C(=O)c1cccc(C(N)=O)c1.c1ccncc1. The Hall–Kier alpha value is -3.87. The molecule has 2 heterocycles. The highest BCUT2D eigenvalue weighted by Crippen LogP contribution is 2.32. The second kappa shape index (κ2) is 9.36. The smallest absolute Gasteiger partial charge is 0.253 e. The van der Waals surface area contributed by atoms with Crippen molar-refractivity contribution < 1.29 is 19.1 Å². The third kappa shape index (κ3) is 5.32. The van der Waals surface area contributed by atoms with Crippen LogP contribution >= 0.6 is 0 Å². The molecule has 29 heavy (non-hydrogen) atoms. The van der Waals surface area contributed by atoms with E-state index in [1.807, 2.05) is 36.4 Å². The van der Waals surface area contributed by atoms with Gasteiger partial charge in [0.1, 0.15) is 0 Å². The molecule has 0 saturated carbocycles. The first-order chi connectivity index (χ1) is 14.0. The summed E-state index contributed by atoms with van der Waals surface area (Å²) in [6.07, 6.45) is 3.50. The van der Waals surface area contributed by atoms with Crippen LogP contribution in [0.2, 0.25) is 0 Å². The van der Waals surface area contributed by atoms with Crippen LogP contribution in [0.3, 0.4) is 0 Å². The van der Waals surface area contributed by atoms with E-state index >= 15 is 0 Å². The van der Waals surface area contributed by atoms with Crippen LogP contribution in [0.25, 0.3) is 0 Å². The van der Waals surface area contributed by atoms with Crippen LogP contribution in [0.1, 0.15) is 26.3 Å². The van der Waals surface area contributed by atoms with Gasteiger partial charge in [-0.05, 0) is 48.0 Å². The van der Waals surface area contributed by atoms with Crippen molar-refractivity contribution in [3.05, 3.63) is 89.7 Å². The average molecular weight is 391 g/mol. The summed E-state index contributed by atoms with van der Waals surface area (Å²) in [6.45, 7) is 0.629. The molecule has 1 aromatic heterocycles. The van der Waals surface area contributed by atoms with Gasteiger partial charge in [0.2, 0.25) is 12.7 Å². The van der Waals surface area contributed by atoms with E-state index in [0.29, 0.717) is 29.2 Å². The normalized spacial score (nSPS) is 11.2. The summed E-state index contributed by atoms with van der Waals surface area (Å²) in [5.74, 6) is 0.639. The topological polar surface area (TPSA) is 94.8 Å². The Bertz CT molecular complexity index is 966. The van der Waals surface area contributed by atoms with Crippen LogP contribution in [0, 0.1) is 0 Å². The molecule has 1 aliphatic rings. The van der Waals surface area contributed by atoms with E-state index in [2.05, 4.69) is 4.98 Å². The van der Waals surface area contributed by atoms with Gasteiger partial charge in [-0.2, -0.15) is 0 Å². The summed E-state index contributed by atoms with van der Waals surface area (Å²) in [5.41, 5.74) is 6.91. The fourth-order valence-corrected chi connectivity index (χ4v) is 2.72. The van der Waals surface area contributed by atoms with Gasteiger partial charge in [0.05, 0.1) is 0 Å². The lowest BCUT2D eigenvalue weighted by Gasteiger charge is -2.18. The van der Waals surface area contributed by atoms with E-state index in [1.54, 1.807) is 42.5 Å². The van der Waals surface area contributed by atoms with Crippen LogP contribution in [0.15, 0.2) is 73.1 Å². The van der Waals surface area contributed by atoms with Crippen molar-refractivity contribution in [2.75, 3.05) is 13.8 Å². The zero-order chi connectivity index (χ0) is 20.6. The number of hydrogen-bond acceptors (Lipinski definition) is 5. The number of carbonyl (C=O) groups is 2. The molecule has 1 aliphatic heterocycles. The standard InChI is InChI=1S/C17H16N2O4.C5H5N/c1-19(9-11-5-6-14-15(7-11)23-10-22-14)17(21)13-4-2-3-12(8-13)16(18)20;1-2-4-6-5-3-1/h2-8H,9-10H2,1H3,(H2,18,20);1-5H. The third-order valence-electron chi connectivity index (χ3n) is 4.16. The van der Waals surface area contributed by atoms with Gasteiger partial charge in [-0.25, -0.2) is 0 Å². The molecular weight excluding hydrogens is 370 g/mol. The van der Waals surface area contributed by atoms with Crippen LogP contribution < -0.4 is 15.2 Å². The Balaban J connectivity index is 0.000000343. The number of primary amides is 1. The Morgan fingerprint density at radius 1 is 0.966 bits per heavy atom. The van der Waals surface area contributed by atoms with E-state index in [4.69, 9.17) is 15.2 Å². The summed E-state index contributed by atoms with van der Waals surface area (Å²) >= 11 is 0. The summed E-state index contributed by atoms with van der Waals surface area (Å²) in [4.78, 5) is 29.0. The Morgan fingerprint density at radius 2 is 1.69 bits per heavy atom. The van der Waals surface area contributed by atoms with E-state index in [-0.39, 0.29) is 12.7 Å². The lowest BCUT2D eigenvalue weighted by molar-refractivity contribution is 0.0785. The molecule has 3 aromatic rings. The van der Waals surface area contributed by atoms with Gasteiger partial charge in [-0.3, -0.25) is 14.6 Å². The number of aromatic nitrogens is 1. The van der Waals surface area contributed by atoms with Crippen LogP contribution in [-0.2, 0) is 6.54 Å². The highest BCUT2D eigenvalue weighted by atomic mass is 16.7. The average Bonchev–Trinajstić information content (AvgIpc) is 3.23. The molecule has 2 N–H and O–H groups in total. The maximum atomic E-state index is 12.5. The molecule has 148 valence electrons. The molecule has 7 heteroatoms. The molecule has 2 amide bonds. The van der Waals surface area contributed by atoms with Crippen molar-refractivity contribution in [1.29, 1.82) is 0 Å². The lowest BCUT2D eigenvalue weighted by Crippen LogP contribution is -2.26. The molecule has 2 aromatic carbocycles. The monoisotopic (exact) mass is 391 g/mol. The predicted molar refractivity (Wildman–Crippen MR) is 108 cm³/mol. The highest BCUT2D eigenvalue weighted by molar-refractivity contribution is 5.98. The Kier molecular flexibility index (Phi) is 6.42. The van der Waals surface area contributed by atoms with Crippen molar-refractivity contribution in [1.82, 2.24) is 9.88 Å². The number of carbonyl (C=O) groups excluding carboxylic acids is 2. The van der Waals surface area contributed by atoms with Gasteiger partial charge in [0.15, 0.2) is 11.5 Å². The molecule has 0 radical (unpaired) electrons. The van der Waals surface area contributed by atoms with Gasteiger partial charge in [-0.1, -0.05) is 18.2 Å². The first-order valence-electron chi connectivity index (χ1n) is 8.93. The van der Waals surface area contributed by atoms with E-state index in [0.717, 1.165) is 5.56 Å². The largest absolute Gasteiger partial charge is 0.454 e. The van der Waals surface area contributed by atoms with Crippen molar-refractivity contribution >= 4 is 11.8 Å². The second-order valence-electron chi connectivity index (χ2n) is 6.32. The van der Waals surface area contributed by atoms with Crippen molar-refractivity contribution in [2.45, 2.75) is 6.54 Å². The van der Waals surface area contributed by atoms with E-state index < -0.39 is 5.91 Å². The van der Waals surface area contributed by atoms with Crippen molar-refractivity contribution in [2.24, 2.45) is 5.73 Å². The van der Waals surface area contributed by atoms with Gasteiger partial charge in [0, 0.05) is 37.1 Å². The number of hydrogen-bond donors (Lipinski definition) is 1. The number of nitrogens with two attached hydrogens (primary N) is 1. The molecule has 0 saturated heterocycles. The molecule has 4 rings (SSSR count). The van der Waals surface area contributed by atoms with Gasteiger partial charge in [-0.15, -0.1) is 0 Å². The Morgan fingerprint density at radius 3 is 2.34 bits per heavy atom. The number of nitrogens with zero attached hydrogens (tertiary/aromatic N) is 2. The zero-order valence-electron chi connectivity index (χ0n) is 15.9. The third-order valence-corrected chi connectivity index (χ3v) is 4.16. The van der Waals surface area contributed by atoms with Crippen molar-refractivity contribution in [3.8, 4) is 11.5 Å². The maximum absolute atomic E-state index is 12.5. The molecule has 0 atom stereocenters. The van der Waals surface area contributed by atoms with Crippen molar-refractivity contribution in [3.63, 3.8) is 0 Å². The molecule has 0 aliphatic carbocycles. The summed E-state index contributed by atoms with van der Waals surface area (Å²) in [5, 5.41) is 0. The second-order valence-corrected chi connectivity index (χ2v) is 6.32. The van der Waals surface area contributed by atoms with E-state index in [1.165, 1.54) is 6.07 Å². The quantitative estimate of drug-likeness (QED) is 0.738. The minimum absolute atomic E-state index is 0.189. The van der Waals surface area contributed by atoms with Crippen LogP contribution in [-0.4, -0.2) is 35.5 Å². The van der Waals surface area contributed by atoms with Crippen LogP contribution in [0.5, 0.6) is 11.5 Å². The van der Waals surface area contributed by atoms with E-state index in [9.17, 15) is 9.59 Å². The highest BCUT2D eigenvalue weighted by Gasteiger charge is 2.17. The van der Waals surface area contributed by atoms with Gasteiger partial charge in [0.25, 0.3) is 5.91 Å². The maximum Gasteiger partial charge on any atom is 0.253 e. The number of pyridine rings is 1. The summed E-state index contributed by atoms with van der Waals surface area (Å²) in [6, 6.07) is 17.7. The summed E-state index contributed by atoms with van der Waals surface area (Å²) in [7, 11) is 1.70. The Labute approximate surface area is 168 Å². The first kappa shape index (κ1) is 19.9. The number of amides is 2. The fraction of sp³-hybridized carbons (Fsp3) is 0.136. The first-order valence-corrected chi connectivity index (χ1v) is 8.93. The molecule has 0 spiro atoms. The predicted octanol–water partition coefficient (Wildman–Crippen LogP) is 2.87. The number of rotatable bonds is 4. The number of fused-ring (bicyclic) bond motifs is 1. The molecule has 0 bridgehead atoms. The molecular formula is C22H21N3O4. The zero-order valence-corrected chi connectivity index (χ0v) is 15.9. The van der Waals surface area contributed by atoms with Gasteiger partial charge >= 0.3 is 0 Å². The summed E-state index contributed by atoms with van der Waals surface area (Å²) < 4.78 is 10.6. The fourth-order valence-electron chi connectivity index (χ4n) is 2.72. The minimum Gasteiger partial charge on any atom is -0.454 e. The number of ether oxygens (including phenoxy) is 2. The minimum atomic E-state index is -0.557. The molecule has 7 nitrogen and oxygen atoms in total. The van der Waals surface area contributed by atoms with Crippen LogP contribution in [0.4, 0.5) is 0 Å². The molecule has 0 fully saturated rings. The van der Waals surface area contributed by atoms with Gasteiger partial charge < -0.3 is 20.1 Å². The molecule has 0 unspecified atom stereocenters.